The molecule has 1 aromatic carbocycles. The van der Waals surface area contributed by atoms with Crippen LogP contribution in [0.15, 0.2) is 30.3 Å². The fourth-order valence-corrected chi connectivity index (χ4v) is 4.46. The first-order valence-electron chi connectivity index (χ1n) is 10.7. The van der Waals surface area contributed by atoms with Crippen molar-refractivity contribution in [3.8, 4) is 0 Å². The molecule has 0 aliphatic carbocycles. The van der Waals surface area contributed by atoms with Gasteiger partial charge in [-0.2, -0.15) is 0 Å². The smallest absolute Gasteiger partial charge is 0.254 e. The number of hydrogen-bond acceptors (Lipinski definition) is 6. The third-order valence-electron chi connectivity index (χ3n) is 6.03. The van der Waals surface area contributed by atoms with E-state index in [0.717, 1.165) is 0 Å². The molecule has 3 heterocycles. The van der Waals surface area contributed by atoms with Gasteiger partial charge < -0.3 is 29.1 Å². The van der Waals surface area contributed by atoms with E-state index in [0.29, 0.717) is 57.7 Å². The predicted octanol–water partition coefficient (Wildman–Crippen LogP) is 0.685. The summed E-state index contributed by atoms with van der Waals surface area (Å²) in [5.41, 5.74) is 0.592. The second-order valence-corrected chi connectivity index (χ2v) is 8.15. The topological polar surface area (TPSA) is 88.5 Å². The summed E-state index contributed by atoms with van der Waals surface area (Å²) in [6.07, 6.45) is 0.481. The molecule has 4 rings (SSSR count). The maximum absolute atomic E-state index is 13.2. The molecule has 30 heavy (non-hydrogen) atoms. The second kappa shape index (κ2) is 9.87. The number of amides is 2. The van der Waals surface area contributed by atoms with Gasteiger partial charge in [0, 0.05) is 25.2 Å². The van der Waals surface area contributed by atoms with Crippen molar-refractivity contribution in [2.45, 2.75) is 43.6 Å². The zero-order chi connectivity index (χ0) is 20.9. The van der Waals surface area contributed by atoms with Crippen LogP contribution in [-0.2, 0) is 19.0 Å². The van der Waals surface area contributed by atoms with E-state index in [1.54, 1.807) is 17.0 Å². The molecule has 0 radical (unpaired) electrons. The van der Waals surface area contributed by atoms with Crippen molar-refractivity contribution in [3.63, 3.8) is 0 Å². The highest BCUT2D eigenvalue weighted by atomic mass is 16.5. The molecule has 8 heteroatoms. The predicted molar refractivity (Wildman–Crippen MR) is 108 cm³/mol. The Hall–Kier alpha value is -2.00. The van der Waals surface area contributed by atoms with Crippen LogP contribution < -0.4 is 0 Å². The molecular weight excluding hydrogens is 388 g/mol. The SMILES string of the molecule is O=C(C[C@H]1CC[C@@H]2[C@H](COC[C@@H](O)CN2C(=O)c2ccccc2)O1)N1CCOCC1. The lowest BCUT2D eigenvalue weighted by molar-refractivity contribution is -0.156. The second-order valence-electron chi connectivity index (χ2n) is 8.15. The van der Waals surface area contributed by atoms with Gasteiger partial charge in [0.25, 0.3) is 5.91 Å². The Balaban J connectivity index is 1.43. The fraction of sp³-hybridized carbons (Fsp3) is 0.636. The van der Waals surface area contributed by atoms with E-state index in [1.165, 1.54) is 0 Å². The zero-order valence-electron chi connectivity index (χ0n) is 17.2. The molecule has 0 saturated carbocycles. The molecule has 4 atom stereocenters. The van der Waals surface area contributed by atoms with Crippen LogP contribution in [0.2, 0.25) is 0 Å². The van der Waals surface area contributed by atoms with Crippen molar-refractivity contribution < 1.29 is 28.9 Å². The number of aliphatic hydroxyl groups excluding tert-OH is 1. The molecule has 0 unspecified atom stereocenters. The van der Waals surface area contributed by atoms with Gasteiger partial charge in [-0.15, -0.1) is 0 Å². The molecule has 3 fully saturated rings. The van der Waals surface area contributed by atoms with Gasteiger partial charge in [0.15, 0.2) is 0 Å². The molecule has 0 bridgehead atoms. The minimum Gasteiger partial charge on any atom is -0.389 e. The monoisotopic (exact) mass is 418 g/mol. The molecule has 1 aromatic rings. The number of β-amino-alcohol motifs (C(OH)–C–C–N with tert-alkyl or cyclic N) is 1. The van der Waals surface area contributed by atoms with E-state index in [1.807, 2.05) is 23.1 Å². The van der Waals surface area contributed by atoms with Gasteiger partial charge in [-0.3, -0.25) is 9.59 Å². The van der Waals surface area contributed by atoms with E-state index in [2.05, 4.69) is 0 Å². The number of benzene rings is 1. The molecule has 0 spiro atoms. The number of nitrogens with zero attached hydrogens (tertiary/aromatic N) is 2. The summed E-state index contributed by atoms with van der Waals surface area (Å²) in [7, 11) is 0. The summed E-state index contributed by atoms with van der Waals surface area (Å²) in [4.78, 5) is 29.3. The number of ether oxygens (including phenoxy) is 3. The number of fused-ring (bicyclic) bond motifs is 1. The van der Waals surface area contributed by atoms with E-state index in [4.69, 9.17) is 14.2 Å². The molecule has 0 aromatic heterocycles. The Morgan fingerprint density at radius 2 is 1.80 bits per heavy atom. The first kappa shape index (κ1) is 21.2. The summed E-state index contributed by atoms with van der Waals surface area (Å²) in [6.45, 7) is 3.06. The molecule has 3 aliphatic heterocycles. The third-order valence-corrected chi connectivity index (χ3v) is 6.03. The Kier molecular flexibility index (Phi) is 6.99. The van der Waals surface area contributed by atoms with Gasteiger partial charge >= 0.3 is 0 Å². The molecule has 3 aliphatic rings. The van der Waals surface area contributed by atoms with Gasteiger partial charge in [0.1, 0.15) is 6.10 Å². The molecule has 8 nitrogen and oxygen atoms in total. The Morgan fingerprint density at radius 3 is 2.57 bits per heavy atom. The average Bonchev–Trinajstić information content (AvgIpc) is 2.77. The van der Waals surface area contributed by atoms with Crippen LogP contribution in [0.3, 0.4) is 0 Å². The lowest BCUT2D eigenvalue weighted by Crippen LogP contribution is -2.57. The van der Waals surface area contributed by atoms with E-state index >= 15 is 0 Å². The summed E-state index contributed by atoms with van der Waals surface area (Å²) in [6, 6.07) is 8.91. The first-order valence-corrected chi connectivity index (χ1v) is 10.7. The summed E-state index contributed by atoms with van der Waals surface area (Å²) >= 11 is 0. The number of morpholine rings is 1. The highest BCUT2D eigenvalue weighted by molar-refractivity contribution is 5.94. The molecule has 3 saturated heterocycles. The molecule has 2 amide bonds. The van der Waals surface area contributed by atoms with Crippen molar-refractivity contribution in [1.82, 2.24) is 9.80 Å². The Labute approximate surface area is 176 Å². The molecule has 164 valence electrons. The van der Waals surface area contributed by atoms with Crippen LogP contribution in [0.5, 0.6) is 0 Å². The van der Waals surface area contributed by atoms with Crippen LogP contribution in [-0.4, -0.2) is 97.1 Å². The molecular formula is C22H30N2O6. The van der Waals surface area contributed by atoms with Crippen molar-refractivity contribution in [2.75, 3.05) is 46.1 Å². The van der Waals surface area contributed by atoms with Crippen LogP contribution in [0, 0.1) is 0 Å². The lowest BCUT2D eigenvalue weighted by atomic mass is 9.94. The van der Waals surface area contributed by atoms with Crippen LogP contribution in [0.4, 0.5) is 0 Å². The van der Waals surface area contributed by atoms with Crippen LogP contribution >= 0.6 is 0 Å². The van der Waals surface area contributed by atoms with Crippen molar-refractivity contribution in [1.29, 1.82) is 0 Å². The minimum absolute atomic E-state index is 0.0844. The third kappa shape index (κ3) is 5.00. The lowest BCUT2D eigenvalue weighted by Gasteiger charge is -2.44. The number of aliphatic hydroxyl groups is 1. The Bertz CT molecular complexity index is 724. The van der Waals surface area contributed by atoms with Gasteiger partial charge in [-0.1, -0.05) is 18.2 Å². The van der Waals surface area contributed by atoms with Crippen molar-refractivity contribution in [3.05, 3.63) is 35.9 Å². The highest BCUT2D eigenvalue weighted by Gasteiger charge is 2.40. The summed E-state index contributed by atoms with van der Waals surface area (Å²) in [5.74, 6) is -0.0286. The van der Waals surface area contributed by atoms with E-state index in [-0.39, 0.29) is 43.2 Å². The van der Waals surface area contributed by atoms with Gasteiger partial charge in [0.05, 0.1) is 51.1 Å². The van der Waals surface area contributed by atoms with E-state index < -0.39 is 6.10 Å². The maximum atomic E-state index is 13.2. The first-order chi connectivity index (χ1) is 14.6. The van der Waals surface area contributed by atoms with Crippen LogP contribution in [0.25, 0.3) is 0 Å². The van der Waals surface area contributed by atoms with Crippen molar-refractivity contribution in [2.24, 2.45) is 0 Å². The van der Waals surface area contributed by atoms with Gasteiger partial charge in [-0.25, -0.2) is 0 Å². The highest BCUT2D eigenvalue weighted by Crippen LogP contribution is 2.29. The average molecular weight is 418 g/mol. The summed E-state index contributed by atoms with van der Waals surface area (Å²) < 4.78 is 17.2. The normalized spacial score (nSPS) is 30.2. The van der Waals surface area contributed by atoms with Crippen molar-refractivity contribution >= 4 is 11.8 Å². The van der Waals surface area contributed by atoms with Gasteiger partial charge in [0.2, 0.25) is 5.91 Å². The Morgan fingerprint density at radius 1 is 1.03 bits per heavy atom. The quantitative estimate of drug-likeness (QED) is 0.777. The van der Waals surface area contributed by atoms with Gasteiger partial charge in [-0.05, 0) is 25.0 Å². The number of rotatable bonds is 3. The minimum atomic E-state index is -0.737. The zero-order valence-corrected chi connectivity index (χ0v) is 17.2. The van der Waals surface area contributed by atoms with Crippen LogP contribution in [0.1, 0.15) is 29.6 Å². The number of carbonyl (C=O) groups excluding carboxylic acids is 2. The summed E-state index contributed by atoms with van der Waals surface area (Å²) in [5, 5.41) is 10.3. The standard InChI is InChI=1S/C22H30N2O6/c25-17-13-24(22(27)16-4-2-1-3-5-16)19-7-6-18(30-20(19)15-29-14-17)12-21(26)23-8-10-28-11-9-23/h1-5,17-20,25H,6-15H2/t17-,18+,19+,20-/m0/s1. The number of carbonyl (C=O) groups is 2. The largest absolute Gasteiger partial charge is 0.389 e. The van der Waals surface area contributed by atoms with E-state index in [9.17, 15) is 14.7 Å². The maximum Gasteiger partial charge on any atom is 0.254 e. The fourth-order valence-electron chi connectivity index (χ4n) is 4.46. The number of hydrogen-bond donors (Lipinski definition) is 1. The molecule has 1 N–H and O–H groups in total.